The average molecular weight is 508 g/mol. The molecule has 14 heavy (non-hydrogen) atoms. The Morgan fingerprint density at radius 3 is 0.500 bits per heavy atom. The van der Waals surface area contributed by atoms with Gasteiger partial charge in [0.05, 0.1) is 0 Å². The van der Waals surface area contributed by atoms with Gasteiger partial charge in [-0.2, -0.15) is 0 Å². The zero-order valence-corrected chi connectivity index (χ0v) is 17.9. The Hall–Kier alpha value is 4.09. The molecule has 0 aliphatic carbocycles. The van der Waals surface area contributed by atoms with E-state index in [4.69, 9.17) is 0 Å². The summed E-state index contributed by atoms with van der Waals surface area (Å²) in [5, 5.41) is 0. The maximum absolute atomic E-state index is 0. The summed E-state index contributed by atoms with van der Waals surface area (Å²) < 4.78 is 0. The topological polar surface area (TPSA) is 252 Å². The number of hydrogen-bond donors (Lipinski definition) is 0. The van der Waals surface area contributed by atoms with Gasteiger partial charge in [0.2, 0.25) is 0 Å². The Kier molecular flexibility index (Phi) is 5970. The van der Waals surface area contributed by atoms with E-state index in [0.29, 0.717) is 0 Å². The molecular formula is H23AlMgO8SnTi2Zr. The molecule has 0 saturated carbocycles. The van der Waals surface area contributed by atoms with Gasteiger partial charge in [-0.3, -0.25) is 0 Å². The van der Waals surface area contributed by atoms with Crippen LogP contribution in [0, 0.1) is 0 Å². The van der Waals surface area contributed by atoms with Gasteiger partial charge in [0.25, 0.3) is 0 Å². The van der Waals surface area contributed by atoms with Crippen molar-refractivity contribution in [3.8, 4) is 0 Å². The molecule has 0 rings (SSSR count). The summed E-state index contributed by atoms with van der Waals surface area (Å²) >= 11 is 0. The monoisotopic (exact) mass is 508 g/mol. The Morgan fingerprint density at radius 1 is 0.500 bits per heavy atom. The van der Waals surface area contributed by atoms with Crippen molar-refractivity contribution in [3.05, 3.63) is 0 Å². The molecule has 0 amide bonds. The van der Waals surface area contributed by atoms with Crippen molar-refractivity contribution in [2.24, 2.45) is 0 Å². The summed E-state index contributed by atoms with van der Waals surface area (Å²) in [5.74, 6) is 0. The van der Waals surface area contributed by atoms with Gasteiger partial charge in [0.1, 0.15) is 0 Å². The molecule has 16 N–H and O–H groups in total. The van der Waals surface area contributed by atoms with Crippen LogP contribution in [0.5, 0.6) is 0 Å². The standard InChI is InChI=1S/Al.Mg.8H2O.Sn.2Ti.Zr.7H/h;;8*1H2;;;;;;;;;;;/q;+2;;;;;;;;;;;;;;;;;;2*-1. The molecule has 0 heterocycles. The molecule has 0 aliphatic rings. The van der Waals surface area contributed by atoms with E-state index in [-0.39, 0.29) is 181 Å². The van der Waals surface area contributed by atoms with E-state index in [0.717, 1.165) is 0 Å². The van der Waals surface area contributed by atoms with E-state index in [1.54, 1.807) is 0 Å². The van der Waals surface area contributed by atoms with Gasteiger partial charge >= 0.3 is 47.0 Å². The Bertz CT molecular complexity index is 36.0. The van der Waals surface area contributed by atoms with Crippen LogP contribution in [0.3, 0.4) is 0 Å². The van der Waals surface area contributed by atoms with E-state index in [1.165, 1.54) is 0 Å². The molecule has 92 valence electrons. The van der Waals surface area contributed by atoms with Gasteiger partial charge in [-0.1, -0.05) is 0 Å². The van der Waals surface area contributed by atoms with E-state index in [1.807, 2.05) is 0 Å². The molecule has 2 radical (unpaired) electrons. The van der Waals surface area contributed by atoms with Crippen molar-refractivity contribution >= 4 is 64.3 Å². The third-order valence-electron chi connectivity index (χ3n) is 0. The van der Waals surface area contributed by atoms with Crippen molar-refractivity contribution in [1.82, 2.24) is 0 Å². The quantitative estimate of drug-likeness (QED) is 0.277. The van der Waals surface area contributed by atoms with E-state index < -0.39 is 0 Å². The molecule has 14 heteroatoms. The van der Waals surface area contributed by atoms with E-state index >= 15 is 0 Å². The maximum Gasteiger partial charge on any atom is 0 e. The first-order chi connectivity index (χ1) is 0. The summed E-state index contributed by atoms with van der Waals surface area (Å²) in [7, 11) is 0. The first-order valence-corrected chi connectivity index (χ1v) is 0. The zero-order valence-electron chi connectivity index (χ0n) is 8.91. The smallest absolute Gasteiger partial charge is 0 e. The molecule has 0 aromatic rings. The molecule has 0 fully saturated rings. The van der Waals surface area contributed by atoms with Crippen molar-refractivity contribution in [2.45, 2.75) is 0 Å². The second kappa shape index (κ2) is 265. The minimum absolute atomic E-state index is 0. The van der Waals surface area contributed by atoms with Crippen LogP contribution in [0.4, 0.5) is 0 Å². The molecule has 0 aromatic heterocycles. The molecule has 0 bridgehead atoms. The Morgan fingerprint density at radius 2 is 0.500 bits per heavy atom. The molecule has 0 unspecified atom stereocenters. The number of hydrogen-bond acceptors (Lipinski definition) is 0. The minimum atomic E-state index is 0. The van der Waals surface area contributed by atoms with Gasteiger partial charge in [0.15, 0.2) is 17.4 Å². The summed E-state index contributed by atoms with van der Waals surface area (Å²) in [6.45, 7) is 0. The third kappa shape index (κ3) is 219. The summed E-state index contributed by atoms with van der Waals surface area (Å²) in [6.07, 6.45) is 0. The molecule has 0 spiro atoms. The van der Waals surface area contributed by atoms with Crippen LogP contribution >= 0.6 is 0 Å². The zero-order chi connectivity index (χ0) is 0. The van der Waals surface area contributed by atoms with Gasteiger partial charge < -0.3 is 46.7 Å². The van der Waals surface area contributed by atoms with Gasteiger partial charge in [-0.25, -0.2) is 0 Å². The van der Waals surface area contributed by atoms with E-state index in [9.17, 15) is 0 Å². The van der Waals surface area contributed by atoms with Crippen LogP contribution in [0.15, 0.2) is 0 Å². The summed E-state index contributed by atoms with van der Waals surface area (Å²) in [5.41, 5.74) is 0. The van der Waals surface area contributed by atoms with Crippen LogP contribution in [0.25, 0.3) is 0 Å². The largest absolute Gasteiger partial charge is 0 e. The molecule has 0 atom stereocenters. The second-order valence-electron chi connectivity index (χ2n) is 0. The van der Waals surface area contributed by atoms with Crippen molar-refractivity contribution < 1.29 is 116 Å². The molecule has 0 aliphatic heterocycles. The maximum atomic E-state index is 0. The third-order valence-corrected chi connectivity index (χ3v) is 0. The van der Waals surface area contributed by atoms with Crippen molar-refractivity contribution in [3.63, 3.8) is 0 Å². The van der Waals surface area contributed by atoms with Gasteiger partial charge in [-0.15, -0.1) is 0 Å². The molecule has 0 saturated heterocycles. The van der Waals surface area contributed by atoms with Crippen LogP contribution in [-0.4, -0.2) is 108 Å². The first kappa shape index (κ1) is 316. The van der Waals surface area contributed by atoms with Crippen LogP contribution in [0.2, 0.25) is 0 Å². The van der Waals surface area contributed by atoms with E-state index in [2.05, 4.69) is 0 Å². The van der Waals surface area contributed by atoms with Crippen molar-refractivity contribution in [1.29, 1.82) is 0 Å². The Balaban J connectivity index is 0. The normalized spacial score (nSPS) is 0. The fraction of sp³-hybridized carbons (Fsp3) is 0. The second-order valence-corrected chi connectivity index (χ2v) is 0. The summed E-state index contributed by atoms with van der Waals surface area (Å²) in [4.78, 5) is 0. The SMILES string of the molecule is O.O.O.O.O.O.O.O.[AlH3].[H-].[H-].[Mg+2].[SnH2].[Ti].[Ti].[Zr]. The van der Waals surface area contributed by atoms with Crippen LogP contribution in [0.1, 0.15) is 2.85 Å². The fourth-order valence-corrected chi connectivity index (χ4v) is 0. The minimum Gasteiger partial charge on any atom is 0 e. The average Bonchev–Trinajstić information content (AvgIpc) is 0. The predicted octanol–water partition coefficient (Wildman–Crippen LogP) is -8.86. The fourth-order valence-electron chi connectivity index (χ4n) is 0. The van der Waals surface area contributed by atoms with Gasteiger partial charge in [0, 0.05) is 69.6 Å². The van der Waals surface area contributed by atoms with Crippen LogP contribution in [-0.2, 0) is 69.6 Å². The predicted molar refractivity (Wildman–Crippen MR) is 55.4 cm³/mol. The first-order valence-electron chi connectivity index (χ1n) is 0. The molecule has 8 nitrogen and oxygen atoms in total. The number of rotatable bonds is 0. The van der Waals surface area contributed by atoms with Crippen LogP contribution < -0.4 is 0 Å². The Labute approximate surface area is 178 Å². The molecular weight excluding hydrogens is 485 g/mol. The summed E-state index contributed by atoms with van der Waals surface area (Å²) in [6, 6.07) is 0. The van der Waals surface area contributed by atoms with Crippen molar-refractivity contribution in [2.75, 3.05) is 0 Å². The van der Waals surface area contributed by atoms with Gasteiger partial charge in [-0.05, 0) is 0 Å². The molecule has 0 aromatic carbocycles.